The van der Waals surface area contributed by atoms with Gasteiger partial charge in [-0.2, -0.15) is 0 Å². The molecule has 0 amide bonds. The molecule has 0 aromatic carbocycles. The zero-order valence-electron chi connectivity index (χ0n) is 8.67. The fraction of sp³-hybridized carbons (Fsp3) is 0.444. The smallest absolute Gasteiger partial charge is 0.371 e. The summed E-state index contributed by atoms with van der Waals surface area (Å²) < 4.78 is 32.6. The van der Waals surface area contributed by atoms with Crippen LogP contribution in [0.1, 0.15) is 17.0 Å². The van der Waals surface area contributed by atoms with Crippen LogP contribution in [-0.4, -0.2) is 39.0 Å². The maximum Gasteiger partial charge on any atom is 0.371 e. The number of furan rings is 1. The standard InChI is InChI=1S/C9H12O6S/c1-14-5-2-6-16(12,13)8-4-3-7(15-8)9(10)11/h3-4H,2,5-6H2,1H3,(H,10,11). The summed E-state index contributed by atoms with van der Waals surface area (Å²) in [6, 6.07) is 2.26. The zero-order valence-corrected chi connectivity index (χ0v) is 9.49. The third-order valence-electron chi connectivity index (χ3n) is 1.86. The van der Waals surface area contributed by atoms with Gasteiger partial charge in [0.2, 0.25) is 20.7 Å². The minimum Gasteiger partial charge on any atom is -0.475 e. The Morgan fingerprint density at radius 2 is 2.19 bits per heavy atom. The molecule has 0 aliphatic carbocycles. The van der Waals surface area contributed by atoms with Crippen molar-refractivity contribution in [3.63, 3.8) is 0 Å². The van der Waals surface area contributed by atoms with Gasteiger partial charge in [0.25, 0.3) is 0 Å². The minimum absolute atomic E-state index is 0.132. The molecule has 16 heavy (non-hydrogen) atoms. The Balaban J connectivity index is 2.78. The molecule has 1 aromatic rings. The minimum atomic E-state index is -3.56. The number of hydrogen-bond donors (Lipinski definition) is 1. The van der Waals surface area contributed by atoms with Crippen LogP contribution in [0, 0.1) is 0 Å². The number of aromatic carboxylic acids is 1. The number of rotatable bonds is 6. The lowest BCUT2D eigenvalue weighted by Crippen LogP contribution is -2.08. The van der Waals surface area contributed by atoms with Crippen molar-refractivity contribution in [3.05, 3.63) is 17.9 Å². The molecule has 7 heteroatoms. The van der Waals surface area contributed by atoms with Gasteiger partial charge in [0.1, 0.15) is 0 Å². The molecule has 0 unspecified atom stereocenters. The highest BCUT2D eigenvalue weighted by Gasteiger charge is 2.20. The van der Waals surface area contributed by atoms with Crippen molar-refractivity contribution >= 4 is 15.8 Å². The maximum atomic E-state index is 11.6. The van der Waals surface area contributed by atoms with E-state index in [-0.39, 0.29) is 16.6 Å². The number of hydrogen-bond acceptors (Lipinski definition) is 5. The second kappa shape index (κ2) is 5.13. The van der Waals surface area contributed by atoms with Crippen LogP contribution in [0.4, 0.5) is 0 Å². The Labute approximate surface area is 92.7 Å². The van der Waals surface area contributed by atoms with Gasteiger partial charge in [0, 0.05) is 13.7 Å². The number of methoxy groups -OCH3 is 1. The van der Waals surface area contributed by atoms with E-state index in [0.29, 0.717) is 13.0 Å². The second-order valence-electron chi connectivity index (χ2n) is 3.09. The van der Waals surface area contributed by atoms with Gasteiger partial charge in [0.05, 0.1) is 5.75 Å². The van der Waals surface area contributed by atoms with Crippen molar-refractivity contribution in [1.29, 1.82) is 0 Å². The number of carboxylic acid groups (broad SMARTS) is 1. The van der Waals surface area contributed by atoms with Crippen LogP contribution in [0.5, 0.6) is 0 Å². The Kier molecular flexibility index (Phi) is 4.08. The summed E-state index contributed by atoms with van der Waals surface area (Å²) in [5.41, 5.74) is 0. The summed E-state index contributed by atoms with van der Waals surface area (Å²) in [5.74, 6) is -1.81. The average molecular weight is 248 g/mol. The molecule has 1 rings (SSSR count). The molecule has 6 nitrogen and oxygen atoms in total. The Bertz CT molecular complexity index is 458. The molecule has 0 aliphatic rings. The van der Waals surface area contributed by atoms with E-state index >= 15 is 0 Å². The third-order valence-corrected chi connectivity index (χ3v) is 3.52. The van der Waals surface area contributed by atoms with Gasteiger partial charge in [-0.3, -0.25) is 0 Å². The lowest BCUT2D eigenvalue weighted by atomic mass is 10.5. The van der Waals surface area contributed by atoms with Gasteiger partial charge in [-0.05, 0) is 18.6 Å². The fourth-order valence-corrected chi connectivity index (χ4v) is 2.29. The van der Waals surface area contributed by atoms with Crippen molar-refractivity contribution in [3.8, 4) is 0 Å². The van der Waals surface area contributed by atoms with Crippen molar-refractivity contribution in [1.82, 2.24) is 0 Å². The van der Waals surface area contributed by atoms with E-state index in [2.05, 4.69) is 0 Å². The van der Waals surface area contributed by atoms with Crippen LogP contribution in [-0.2, 0) is 14.6 Å². The first kappa shape index (κ1) is 12.7. The molecule has 0 spiro atoms. The summed E-state index contributed by atoms with van der Waals surface area (Å²) in [4.78, 5) is 10.5. The van der Waals surface area contributed by atoms with E-state index in [4.69, 9.17) is 14.3 Å². The Morgan fingerprint density at radius 1 is 1.50 bits per heavy atom. The van der Waals surface area contributed by atoms with Gasteiger partial charge in [0.15, 0.2) is 0 Å². The van der Waals surface area contributed by atoms with Crippen LogP contribution >= 0.6 is 0 Å². The zero-order chi connectivity index (χ0) is 12.2. The number of carboxylic acids is 1. The van der Waals surface area contributed by atoms with E-state index in [1.54, 1.807) is 0 Å². The molecular weight excluding hydrogens is 236 g/mol. The Morgan fingerprint density at radius 3 is 2.69 bits per heavy atom. The third kappa shape index (κ3) is 3.07. The molecule has 0 atom stereocenters. The summed E-state index contributed by atoms with van der Waals surface area (Å²) >= 11 is 0. The van der Waals surface area contributed by atoms with E-state index in [1.165, 1.54) is 7.11 Å². The number of ether oxygens (including phenoxy) is 1. The largest absolute Gasteiger partial charge is 0.475 e. The molecule has 0 saturated carbocycles. The molecule has 1 aromatic heterocycles. The Hall–Kier alpha value is -1.34. The SMILES string of the molecule is COCCCS(=O)(=O)c1ccc(C(=O)O)o1. The molecule has 0 bridgehead atoms. The first-order valence-corrected chi connectivity index (χ1v) is 6.17. The van der Waals surface area contributed by atoms with Gasteiger partial charge in [-0.1, -0.05) is 0 Å². The van der Waals surface area contributed by atoms with Gasteiger partial charge < -0.3 is 14.3 Å². The van der Waals surface area contributed by atoms with Gasteiger partial charge >= 0.3 is 5.97 Å². The predicted molar refractivity (Wildman–Crippen MR) is 54.2 cm³/mol. The monoisotopic (exact) mass is 248 g/mol. The predicted octanol–water partition coefficient (Wildman–Crippen LogP) is 0.788. The van der Waals surface area contributed by atoms with E-state index in [0.717, 1.165) is 12.1 Å². The molecule has 1 N–H and O–H groups in total. The molecule has 0 radical (unpaired) electrons. The summed E-state index contributed by atoms with van der Waals surface area (Å²) in [5, 5.41) is 8.25. The first-order chi connectivity index (χ1) is 7.47. The van der Waals surface area contributed by atoms with Crippen LogP contribution in [0.2, 0.25) is 0 Å². The molecule has 0 saturated heterocycles. The van der Waals surface area contributed by atoms with Gasteiger partial charge in [-0.25, -0.2) is 13.2 Å². The normalized spacial score (nSPS) is 11.6. The van der Waals surface area contributed by atoms with Crippen LogP contribution < -0.4 is 0 Å². The van der Waals surface area contributed by atoms with Crippen molar-refractivity contribution in [2.45, 2.75) is 11.5 Å². The summed E-state index contributed by atoms with van der Waals surface area (Å²) in [6.07, 6.45) is 0.335. The second-order valence-corrected chi connectivity index (χ2v) is 5.13. The van der Waals surface area contributed by atoms with E-state index in [1.807, 2.05) is 0 Å². The first-order valence-electron chi connectivity index (χ1n) is 4.52. The lowest BCUT2D eigenvalue weighted by molar-refractivity contribution is 0.0656. The van der Waals surface area contributed by atoms with E-state index < -0.39 is 15.8 Å². The average Bonchev–Trinajstić information content (AvgIpc) is 2.67. The van der Waals surface area contributed by atoms with Gasteiger partial charge in [-0.15, -0.1) is 0 Å². The van der Waals surface area contributed by atoms with Crippen molar-refractivity contribution in [2.24, 2.45) is 0 Å². The fourth-order valence-electron chi connectivity index (χ4n) is 1.10. The molecular formula is C9H12O6S. The highest BCUT2D eigenvalue weighted by molar-refractivity contribution is 7.91. The number of carbonyl (C=O) groups is 1. The van der Waals surface area contributed by atoms with Crippen LogP contribution in [0.3, 0.4) is 0 Å². The van der Waals surface area contributed by atoms with E-state index in [9.17, 15) is 13.2 Å². The highest BCUT2D eigenvalue weighted by atomic mass is 32.2. The van der Waals surface area contributed by atoms with Crippen molar-refractivity contribution in [2.75, 3.05) is 19.5 Å². The molecule has 1 heterocycles. The number of sulfone groups is 1. The van der Waals surface area contributed by atoms with Crippen LogP contribution in [0.15, 0.2) is 21.6 Å². The molecule has 0 aliphatic heterocycles. The topological polar surface area (TPSA) is 93.8 Å². The quantitative estimate of drug-likeness (QED) is 0.748. The molecule has 0 fully saturated rings. The lowest BCUT2D eigenvalue weighted by Gasteiger charge is -2.00. The highest BCUT2D eigenvalue weighted by Crippen LogP contribution is 2.16. The summed E-state index contributed by atoms with van der Waals surface area (Å²) in [6.45, 7) is 0.325. The maximum absolute atomic E-state index is 11.6. The van der Waals surface area contributed by atoms with Crippen molar-refractivity contribution < 1.29 is 27.5 Å². The molecule has 90 valence electrons. The van der Waals surface area contributed by atoms with Crippen LogP contribution in [0.25, 0.3) is 0 Å². The summed E-state index contributed by atoms with van der Waals surface area (Å²) in [7, 11) is -2.08.